The molecule has 32 heavy (non-hydrogen) atoms. The summed E-state index contributed by atoms with van der Waals surface area (Å²) in [7, 11) is 1.84. The van der Waals surface area contributed by atoms with Crippen LogP contribution in [0, 0.1) is 5.92 Å². The van der Waals surface area contributed by atoms with Gasteiger partial charge in [-0.15, -0.1) is 24.0 Å². The van der Waals surface area contributed by atoms with Crippen LogP contribution in [0.15, 0.2) is 23.3 Å². The first-order valence-electron chi connectivity index (χ1n) is 11.8. The number of guanidine groups is 1. The molecule has 2 N–H and O–H groups in total. The van der Waals surface area contributed by atoms with E-state index >= 15 is 0 Å². The van der Waals surface area contributed by atoms with Crippen molar-refractivity contribution in [2.24, 2.45) is 10.9 Å². The van der Waals surface area contributed by atoms with Crippen molar-refractivity contribution in [2.45, 2.75) is 39.3 Å². The molecule has 2 aliphatic heterocycles. The molecule has 2 fully saturated rings. The van der Waals surface area contributed by atoms with E-state index in [0.29, 0.717) is 18.5 Å². The van der Waals surface area contributed by atoms with Gasteiger partial charge in [0.15, 0.2) is 5.96 Å². The van der Waals surface area contributed by atoms with E-state index in [1.165, 1.54) is 18.4 Å². The van der Waals surface area contributed by atoms with E-state index in [1.807, 2.05) is 19.3 Å². The predicted molar refractivity (Wildman–Crippen MR) is 141 cm³/mol. The van der Waals surface area contributed by atoms with Crippen molar-refractivity contribution in [1.29, 1.82) is 0 Å². The normalized spacial score (nSPS) is 18.9. The molecule has 3 rings (SSSR count). The molecule has 1 unspecified atom stereocenters. The van der Waals surface area contributed by atoms with Crippen molar-refractivity contribution in [3.63, 3.8) is 0 Å². The second-order valence-corrected chi connectivity index (χ2v) is 8.18. The first kappa shape index (κ1) is 27.1. The van der Waals surface area contributed by atoms with Gasteiger partial charge in [-0.1, -0.05) is 32.8 Å². The molecule has 2 saturated heterocycles. The van der Waals surface area contributed by atoms with E-state index in [-0.39, 0.29) is 24.0 Å². The molecule has 0 aliphatic carbocycles. The van der Waals surface area contributed by atoms with Crippen LogP contribution in [-0.4, -0.2) is 88.1 Å². The van der Waals surface area contributed by atoms with Crippen molar-refractivity contribution in [1.82, 2.24) is 20.5 Å². The van der Waals surface area contributed by atoms with Crippen LogP contribution in [0.5, 0.6) is 0 Å². The average Bonchev–Trinajstić information content (AvgIpc) is 2.84. The fraction of sp³-hybridized carbons (Fsp3) is 0.739. The maximum Gasteiger partial charge on any atom is 0.191 e. The highest BCUT2D eigenvalue weighted by Gasteiger charge is 2.27. The smallest absolute Gasteiger partial charge is 0.191 e. The molecular formula is C23H41IN6O2. The maximum atomic E-state index is 5.58. The van der Waals surface area contributed by atoms with Gasteiger partial charge in [-0.05, 0) is 12.0 Å². The number of halogens is 1. The summed E-state index contributed by atoms with van der Waals surface area (Å²) >= 11 is 0. The standard InChI is InChI=1S/C23H40N6O2.HI/c1-4-19(5-2)21(28-9-13-30-14-10-28)18-27-23(24-3)26-17-20-7-6-8-25-22(20)29-11-15-31-16-12-29;/h6-8,19,21H,4-5,9-18H2,1-3H3,(H2,24,26,27);1H. The van der Waals surface area contributed by atoms with E-state index in [2.05, 4.69) is 50.3 Å². The van der Waals surface area contributed by atoms with Crippen LogP contribution in [0.2, 0.25) is 0 Å². The van der Waals surface area contributed by atoms with Gasteiger partial charge in [-0.3, -0.25) is 9.89 Å². The van der Waals surface area contributed by atoms with Gasteiger partial charge in [0.2, 0.25) is 0 Å². The first-order valence-corrected chi connectivity index (χ1v) is 11.8. The zero-order chi connectivity index (χ0) is 21.9. The average molecular weight is 561 g/mol. The van der Waals surface area contributed by atoms with Crippen LogP contribution in [0.25, 0.3) is 0 Å². The van der Waals surface area contributed by atoms with Crippen LogP contribution < -0.4 is 15.5 Å². The number of rotatable bonds is 9. The maximum absolute atomic E-state index is 5.58. The Morgan fingerprint density at radius 1 is 1.06 bits per heavy atom. The number of hydrogen-bond donors (Lipinski definition) is 2. The van der Waals surface area contributed by atoms with Gasteiger partial charge in [0.25, 0.3) is 0 Å². The summed E-state index contributed by atoms with van der Waals surface area (Å²) in [5, 5.41) is 7.08. The van der Waals surface area contributed by atoms with Crippen LogP contribution >= 0.6 is 24.0 Å². The highest BCUT2D eigenvalue weighted by molar-refractivity contribution is 14.0. The summed E-state index contributed by atoms with van der Waals surface area (Å²) in [6.45, 7) is 13.1. The molecule has 0 radical (unpaired) electrons. The van der Waals surface area contributed by atoms with Gasteiger partial charge >= 0.3 is 0 Å². The quantitative estimate of drug-likeness (QED) is 0.273. The SMILES string of the molecule is CCC(CC)C(CNC(=NC)NCc1cccnc1N1CCOCC1)N1CCOCC1.I. The highest BCUT2D eigenvalue weighted by Crippen LogP contribution is 2.20. The molecule has 0 bridgehead atoms. The van der Waals surface area contributed by atoms with Gasteiger partial charge in [0, 0.05) is 64.1 Å². The zero-order valence-corrected chi connectivity index (χ0v) is 22.2. The minimum absolute atomic E-state index is 0. The third-order valence-corrected chi connectivity index (χ3v) is 6.43. The second-order valence-electron chi connectivity index (χ2n) is 8.18. The van der Waals surface area contributed by atoms with E-state index in [0.717, 1.165) is 70.9 Å². The van der Waals surface area contributed by atoms with E-state index < -0.39 is 0 Å². The molecule has 3 heterocycles. The summed E-state index contributed by atoms with van der Waals surface area (Å²) in [4.78, 5) is 14.0. The first-order chi connectivity index (χ1) is 15.3. The van der Waals surface area contributed by atoms with Gasteiger partial charge in [-0.25, -0.2) is 4.98 Å². The van der Waals surface area contributed by atoms with Crippen molar-refractivity contribution in [2.75, 3.05) is 71.1 Å². The molecule has 0 saturated carbocycles. The number of ether oxygens (including phenoxy) is 2. The lowest BCUT2D eigenvalue weighted by Gasteiger charge is -2.39. The Hall–Kier alpha value is -1.17. The summed E-state index contributed by atoms with van der Waals surface area (Å²) in [6.07, 6.45) is 4.24. The Morgan fingerprint density at radius 3 is 2.34 bits per heavy atom. The van der Waals surface area contributed by atoms with Crippen LogP contribution in [0.3, 0.4) is 0 Å². The van der Waals surface area contributed by atoms with Crippen LogP contribution in [0.4, 0.5) is 5.82 Å². The van der Waals surface area contributed by atoms with Crippen molar-refractivity contribution in [3.05, 3.63) is 23.9 Å². The van der Waals surface area contributed by atoms with Crippen molar-refractivity contribution < 1.29 is 9.47 Å². The van der Waals surface area contributed by atoms with Crippen molar-refractivity contribution in [3.8, 4) is 0 Å². The molecular weight excluding hydrogens is 519 g/mol. The largest absolute Gasteiger partial charge is 0.379 e. The Balaban J connectivity index is 0.00000363. The lowest BCUT2D eigenvalue weighted by Crippen LogP contribution is -2.53. The summed E-state index contributed by atoms with van der Waals surface area (Å²) in [5.41, 5.74) is 1.18. The number of aromatic nitrogens is 1. The summed E-state index contributed by atoms with van der Waals surface area (Å²) in [6, 6.07) is 4.62. The van der Waals surface area contributed by atoms with Gasteiger partial charge in [0.05, 0.1) is 26.4 Å². The van der Waals surface area contributed by atoms with E-state index in [1.54, 1.807) is 0 Å². The Labute approximate surface area is 210 Å². The number of aliphatic imine (C=N–C) groups is 1. The molecule has 0 aromatic carbocycles. The lowest BCUT2D eigenvalue weighted by atomic mass is 9.92. The third kappa shape index (κ3) is 7.71. The molecule has 182 valence electrons. The Bertz CT molecular complexity index is 676. The minimum atomic E-state index is 0. The van der Waals surface area contributed by atoms with Crippen molar-refractivity contribution >= 4 is 35.8 Å². The molecule has 1 aromatic heterocycles. The summed E-state index contributed by atoms with van der Waals surface area (Å²) in [5.74, 6) is 2.54. The lowest BCUT2D eigenvalue weighted by molar-refractivity contribution is 0.00272. The number of pyridine rings is 1. The van der Waals surface area contributed by atoms with Gasteiger partial charge in [-0.2, -0.15) is 0 Å². The highest BCUT2D eigenvalue weighted by atomic mass is 127. The van der Waals surface area contributed by atoms with Crippen LogP contribution in [0.1, 0.15) is 32.3 Å². The molecule has 9 heteroatoms. The fourth-order valence-corrected chi connectivity index (χ4v) is 4.56. The fourth-order valence-electron chi connectivity index (χ4n) is 4.56. The second kappa shape index (κ2) is 14.9. The predicted octanol–water partition coefficient (Wildman–Crippen LogP) is 2.34. The molecule has 1 aromatic rings. The topological polar surface area (TPSA) is 74.2 Å². The molecule has 0 spiro atoms. The number of morpholine rings is 2. The van der Waals surface area contributed by atoms with Gasteiger partial charge in [0.1, 0.15) is 5.82 Å². The monoisotopic (exact) mass is 560 g/mol. The summed E-state index contributed by atoms with van der Waals surface area (Å²) < 4.78 is 11.1. The molecule has 8 nitrogen and oxygen atoms in total. The third-order valence-electron chi connectivity index (χ3n) is 6.43. The van der Waals surface area contributed by atoms with Gasteiger partial charge < -0.3 is 25.0 Å². The molecule has 2 aliphatic rings. The number of nitrogens with one attached hydrogen (secondary N) is 2. The molecule has 0 amide bonds. The van der Waals surface area contributed by atoms with Crippen LogP contribution in [-0.2, 0) is 16.0 Å². The minimum Gasteiger partial charge on any atom is -0.379 e. The number of nitrogens with zero attached hydrogens (tertiary/aromatic N) is 4. The van der Waals surface area contributed by atoms with E-state index in [9.17, 15) is 0 Å². The van der Waals surface area contributed by atoms with E-state index in [4.69, 9.17) is 9.47 Å². The Kier molecular flexibility index (Phi) is 12.6. The zero-order valence-electron chi connectivity index (χ0n) is 19.9. The Morgan fingerprint density at radius 2 is 1.72 bits per heavy atom. The number of anilines is 1. The molecule has 1 atom stereocenters. The number of hydrogen-bond acceptors (Lipinski definition) is 6.